The van der Waals surface area contributed by atoms with Crippen molar-refractivity contribution in [3.63, 3.8) is 0 Å². The molecule has 0 unspecified atom stereocenters. The molecule has 14 heavy (non-hydrogen) atoms. The van der Waals surface area contributed by atoms with Gasteiger partial charge in [-0.3, -0.25) is 9.59 Å². The van der Waals surface area contributed by atoms with Crippen LogP contribution in [0.5, 0.6) is 0 Å². The first-order chi connectivity index (χ1) is 6.52. The van der Waals surface area contributed by atoms with E-state index in [-0.39, 0.29) is 23.7 Å². The molecule has 2 N–H and O–H groups in total. The molecule has 1 aliphatic carbocycles. The third-order valence-corrected chi connectivity index (χ3v) is 2.98. The lowest BCUT2D eigenvalue weighted by molar-refractivity contribution is -0.131. The predicted molar refractivity (Wildman–Crippen MR) is 53.2 cm³/mol. The van der Waals surface area contributed by atoms with Gasteiger partial charge in [0.2, 0.25) is 5.91 Å². The summed E-state index contributed by atoms with van der Waals surface area (Å²) in [5.41, 5.74) is 5.16. The predicted octanol–water partition coefficient (Wildman–Crippen LogP) is 1.41. The zero-order chi connectivity index (χ0) is 10.7. The Balaban J connectivity index is 2.43. The molecule has 4 nitrogen and oxygen atoms in total. The van der Waals surface area contributed by atoms with E-state index in [1.807, 2.05) is 0 Å². The Morgan fingerprint density at radius 2 is 1.50 bits per heavy atom. The van der Waals surface area contributed by atoms with Crippen LogP contribution in [0.4, 0.5) is 0 Å². The lowest BCUT2D eigenvalue weighted by Crippen LogP contribution is -2.32. The molecule has 1 saturated carbocycles. The lowest BCUT2D eigenvalue weighted by Gasteiger charge is -2.25. The van der Waals surface area contributed by atoms with E-state index in [0.717, 1.165) is 0 Å². The quantitative estimate of drug-likeness (QED) is 0.740. The summed E-state index contributed by atoms with van der Waals surface area (Å²) in [5.74, 6) is -0.848. The molecule has 0 radical (unpaired) electrons. The van der Waals surface area contributed by atoms with Crippen molar-refractivity contribution in [2.45, 2.75) is 25.7 Å². The second kappa shape index (κ2) is 4.84. The van der Waals surface area contributed by atoms with Crippen LogP contribution in [0.25, 0.3) is 0 Å². The summed E-state index contributed by atoms with van der Waals surface area (Å²) in [5, 5.41) is 0. The van der Waals surface area contributed by atoms with Gasteiger partial charge in [0.25, 0.3) is 5.91 Å². The van der Waals surface area contributed by atoms with Crippen molar-refractivity contribution in [2.24, 2.45) is 17.6 Å². The second-order valence-corrected chi connectivity index (χ2v) is 4.37. The summed E-state index contributed by atoms with van der Waals surface area (Å²) in [7, 11) is 0. The van der Waals surface area contributed by atoms with Crippen LogP contribution in [0.15, 0.2) is 0 Å². The average molecular weight is 239 g/mol. The number of rotatable bonds is 2. The number of primary amides is 1. The smallest absolute Gasteiger partial charge is 0.255 e. The highest BCUT2D eigenvalue weighted by Gasteiger charge is 2.30. The number of carbonyl (C=O) groups excluding carboxylic acids is 2. The van der Waals surface area contributed by atoms with Crippen LogP contribution < -0.4 is 5.73 Å². The van der Waals surface area contributed by atoms with Crippen LogP contribution in [-0.2, 0) is 9.59 Å². The molecular weight excluding hydrogens is 227 g/mol. The summed E-state index contributed by atoms with van der Waals surface area (Å²) >= 11 is 10.6. The fourth-order valence-electron chi connectivity index (χ4n) is 1.76. The highest BCUT2D eigenvalue weighted by atomic mass is 35.5. The van der Waals surface area contributed by atoms with E-state index in [0.29, 0.717) is 29.6 Å². The molecule has 0 aromatic rings. The van der Waals surface area contributed by atoms with Crippen LogP contribution in [0, 0.1) is 11.8 Å². The summed E-state index contributed by atoms with van der Waals surface area (Å²) in [6.45, 7) is 0. The van der Waals surface area contributed by atoms with Gasteiger partial charge in [0.1, 0.15) is 0 Å². The molecular formula is C8H12Cl2N2O2. The zero-order valence-corrected chi connectivity index (χ0v) is 9.09. The van der Waals surface area contributed by atoms with E-state index in [1.165, 1.54) is 0 Å². The Morgan fingerprint density at radius 1 is 1.07 bits per heavy atom. The van der Waals surface area contributed by atoms with E-state index in [2.05, 4.69) is 0 Å². The molecule has 0 heterocycles. The Hall–Kier alpha value is -0.480. The molecule has 0 spiro atoms. The molecule has 0 atom stereocenters. The molecule has 0 aromatic heterocycles. The van der Waals surface area contributed by atoms with Crippen molar-refractivity contribution in [3.05, 3.63) is 0 Å². The SMILES string of the molecule is NC(=O)C1CCC(C(=O)N(Cl)Cl)CC1. The lowest BCUT2D eigenvalue weighted by atomic mass is 9.81. The maximum atomic E-state index is 11.3. The van der Waals surface area contributed by atoms with Crippen LogP contribution in [0.2, 0.25) is 0 Å². The highest BCUT2D eigenvalue weighted by molar-refractivity contribution is 6.41. The Kier molecular flexibility index (Phi) is 4.01. The molecule has 1 rings (SSSR count). The Bertz CT molecular complexity index is 237. The fourth-order valence-corrected chi connectivity index (χ4v) is 2.04. The molecule has 0 saturated heterocycles. The number of nitrogens with two attached hydrogens (primary N) is 1. The van der Waals surface area contributed by atoms with Gasteiger partial charge in [0.15, 0.2) is 0 Å². The van der Waals surface area contributed by atoms with Gasteiger partial charge in [-0.25, -0.2) is 0 Å². The average Bonchev–Trinajstić information content (AvgIpc) is 2.16. The third kappa shape index (κ3) is 2.75. The topological polar surface area (TPSA) is 63.4 Å². The van der Waals surface area contributed by atoms with Crippen molar-refractivity contribution in [2.75, 3.05) is 0 Å². The van der Waals surface area contributed by atoms with Crippen LogP contribution >= 0.6 is 23.6 Å². The first-order valence-electron chi connectivity index (χ1n) is 4.47. The fraction of sp³-hybridized carbons (Fsp3) is 0.750. The number of hydrogen-bond donors (Lipinski definition) is 1. The number of amides is 2. The summed E-state index contributed by atoms with van der Waals surface area (Å²) in [6, 6.07) is 0. The summed E-state index contributed by atoms with van der Waals surface area (Å²) in [4.78, 5) is 22.2. The van der Waals surface area contributed by atoms with Crippen molar-refractivity contribution >= 4 is 35.4 Å². The van der Waals surface area contributed by atoms with Crippen LogP contribution in [0.1, 0.15) is 25.7 Å². The number of halogens is 2. The number of nitrogens with zero attached hydrogens (tertiary/aromatic N) is 1. The first-order valence-corrected chi connectivity index (χ1v) is 5.15. The Labute approximate surface area is 92.5 Å². The molecule has 0 aliphatic heterocycles. The molecule has 6 heteroatoms. The molecule has 80 valence electrons. The number of hydrogen-bond acceptors (Lipinski definition) is 2. The van der Waals surface area contributed by atoms with E-state index in [9.17, 15) is 9.59 Å². The monoisotopic (exact) mass is 238 g/mol. The molecule has 0 bridgehead atoms. The van der Waals surface area contributed by atoms with Crippen LogP contribution in [-0.4, -0.2) is 15.8 Å². The first kappa shape index (κ1) is 11.6. The molecule has 1 fully saturated rings. The van der Waals surface area contributed by atoms with Crippen LogP contribution in [0.3, 0.4) is 0 Å². The van der Waals surface area contributed by atoms with E-state index < -0.39 is 0 Å². The minimum Gasteiger partial charge on any atom is -0.369 e. The second-order valence-electron chi connectivity index (χ2n) is 3.52. The van der Waals surface area contributed by atoms with Gasteiger partial charge in [-0.05, 0) is 25.7 Å². The van der Waals surface area contributed by atoms with Gasteiger partial charge >= 0.3 is 0 Å². The van der Waals surface area contributed by atoms with Crippen molar-refractivity contribution < 1.29 is 9.59 Å². The molecule has 2 amide bonds. The maximum absolute atomic E-state index is 11.3. The maximum Gasteiger partial charge on any atom is 0.255 e. The minimum atomic E-state index is -0.295. The van der Waals surface area contributed by atoms with E-state index >= 15 is 0 Å². The van der Waals surface area contributed by atoms with Gasteiger partial charge in [-0.2, -0.15) is 3.94 Å². The van der Waals surface area contributed by atoms with Crippen molar-refractivity contribution in [1.29, 1.82) is 0 Å². The molecule has 0 aromatic carbocycles. The van der Waals surface area contributed by atoms with Gasteiger partial charge in [-0.15, -0.1) is 0 Å². The normalized spacial score (nSPS) is 27.0. The van der Waals surface area contributed by atoms with E-state index in [4.69, 9.17) is 29.3 Å². The van der Waals surface area contributed by atoms with Gasteiger partial charge in [0, 0.05) is 35.4 Å². The summed E-state index contributed by atoms with van der Waals surface area (Å²) < 4.78 is 0.565. The molecule has 1 aliphatic rings. The highest BCUT2D eigenvalue weighted by Crippen LogP contribution is 2.30. The third-order valence-electron chi connectivity index (χ3n) is 2.65. The summed E-state index contributed by atoms with van der Waals surface area (Å²) in [6.07, 6.45) is 2.55. The van der Waals surface area contributed by atoms with Gasteiger partial charge in [0.05, 0.1) is 0 Å². The van der Waals surface area contributed by atoms with E-state index in [1.54, 1.807) is 0 Å². The zero-order valence-electron chi connectivity index (χ0n) is 7.58. The standard InChI is InChI=1S/C8H12Cl2N2O2/c9-12(10)8(14)6-3-1-5(2-4-6)7(11)13/h5-6H,1-4H2,(H2,11,13). The van der Waals surface area contributed by atoms with Gasteiger partial charge < -0.3 is 5.73 Å². The largest absolute Gasteiger partial charge is 0.369 e. The van der Waals surface area contributed by atoms with Crippen molar-refractivity contribution in [3.8, 4) is 0 Å². The van der Waals surface area contributed by atoms with Crippen molar-refractivity contribution in [1.82, 2.24) is 3.94 Å². The number of carbonyl (C=O) groups is 2. The van der Waals surface area contributed by atoms with Gasteiger partial charge in [-0.1, -0.05) is 0 Å². The minimum absolute atomic E-state index is 0.0989. The Morgan fingerprint density at radius 3 is 1.86 bits per heavy atom.